The van der Waals surface area contributed by atoms with Crippen LogP contribution in [-0.4, -0.2) is 10.7 Å². The molecule has 0 saturated carbocycles. The third kappa shape index (κ3) is 2.09. The minimum atomic E-state index is 0.803. The normalized spacial score (nSPS) is 9.79. The first-order valence-corrected chi connectivity index (χ1v) is 5.80. The standard InChI is InChI=1S/C11H9NS2/c13-8-4-3-7-11-12-9-5-1-2-6-10(9)14-11/h1-2,5-6,13H,4,8H2. The summed E-state index contributed by atoms with van der Waals surface area (Å²) in [5.41, 5.74) is 1.03. The molecule has 1 nitrogen and oxygen atoms in total. The fourth-order valence-corrected chi connectivity index (χ4v) is 2.07. The summed E-state index contributed by atoms with van der Waals surface area (Å²) in [6.07, 6.45) is 0.818. The van der Waals surface area contributed by atoms with Gasteiger partial charge in [-0.2, -0.15) is 12.6 Å². The van der Waals surface area contributed by atoms with Gasteiger partial charge in [-0.1, -0.05) is 18.1 Å². The van der Waals surface area contributed by atoms with Crippen LogP contribution in [0.25, 0.3) is 10.2 Å². The maximum Gasteiger partial charge on any atom is 0.168 e. The number of fused-ring (bicyclic) bond motifs is 1. The third-order valence-corrected chi connectivity index (χ3v) is 2.90. The number of hydrogen-bond acceptors (Lipinski definition) is 3. The summed E-state index contributed by atoms with van der Waals surface area (Å²) in [4.78, 5) is 4.40. The molecular formula is C11H9NS2. The van der Waals surface area contributed by atoms with Crippen LogP contribution in [0, 0.1) is 11.8 Å². The topological polar surface area (TPSA) is 12.9 Å². The first-order chi connectivity index (χ1) is 6.90. The Hall–Kier alpha value is -0.980. The zero-order valence-electron chi connectivity index (χ0n) is 7.53. The monoisotopic (exact) mass is 219 g/mol. The molecule has 0 unspecified atom stereocenters. The fourth-order valence-electron chi connectivity index (χ4n) is 1.12. The van der Waals surface area contributed by atoms with Gasteiger partial charge >= 0.3 is 0 Å². The van der Waals surface area contributed by atoms with Crippen molar-refractivity contribution in [3.8, 4) is 11.8 Å². The summed E-state index contributed by atoms with van der Waals surface area (Å²) in [5.74, 6) is 6.88. The van der Waals surface area contributed by atoms with Gasteiger partial charge in [0.25, 0.3) is 0 Å². The molecule has 0 amide bonds. The summed E-state index contributed by atoms with van der Waals surface area (Å²) in [6.45, 7) is 0. The van der Waals surface area contributed by atoms with Crippen molar-refractivity contribution in [2.75, 3.05) is 5.75 Å². The molecule has 0 atom stereocenters. The van der Waals surface area contributed by atoms with E-state index in [-0.39, 0.29) is 0 Å². The first kappa shape index (κ1) is 9.57. The molecule has 1 aromatic carbocycles. The van der Waals surface area contributed by atoms with Crippen LogP contribution in [0.3, 0.4) is 0 Å². The molecule has 2 rings (SSSR count). The molecule has 3 heteroatoms. The first-order valence-electron chi connectivity index (χ1n) is 4.35. The second-order valence-corrected chi connectivity index (χ2v) is 4.24. The quantitative estimate of drug-likeness (QED) is 0.575. The van der Waals surface area contributed by atoms with Crippen molar-refractivity contribution in [2.24, 2.45) is 0 Å². The van der Waals surface area contributed by atoms with Crippen LogP contribution >= 0.6 is 24.0 Å². The Kier molecular flexibility index (Phi) is 3.07. The van der Waals surface area contributed by atoms with E-state index in [1.165, 1.54) is 4.70 Å². The molecule has 0 fully saturated rings. The summed E-state index contributed by atoms with van der Waals surface area (Å²) >= 11 is 5.74. The predicted octanol–water partition coefficient (Wildman–Crippen LogP) is 2.97. The number of benzene rings is 1. The largest absolute Gasteiger partial charge is 0.228 e. The van der Waals surface area contributed by atoms with Crippen LogP contribution < -0.4 is 0 Å². The lowest BCUT2D eigenvalue weighted by atomic mass is 10.3. The molecule has 0 aliphatic rings. The van der Waals surface area contributed by atoms with E-state index in [0.717, 1.165) is 22.7 Å². The van der Waals surface area contributed by atoms with Gasteiger partial charge in [0.15, 0.2) is 5.01 Å². The smallest absolute Gasteiger partial charge is 0.168 e. The third-order valence-electron chi connectivity index (χ3n) is 1.73. The molecule has 0 bridgehead atoms. The van der Waals surface area contributed by atoms with Gasteiger partial charge in [0, 0.05) is 12.2 Å². The number of hydrogen-bond donors (Lipinski definition) is 1. The van der Waals surface area contributed by atoms with Gasteiger partial charge in [-0.15, -0.1) is 11.3 Å². The van der Waals surface area contributed by atoms with Crippen LogP contribution in [0.4, 0.5) is 0 Å². The molecule has 0 radical (unpaired) electrons. The van der Waals surface area contributed by atoms with Crippen LogP contribution in [0.15, 0.2) is 24.3 Å². The molecule has 14 heavy (non-hydrogen) atoms. The van der Waals surface area contributed by atoms with Crippen molar-refractivity contribution in [2.45, 2.75) is 6.42 Å². The van der Waals surface area contributed by atoms with E-state index in [2.05, 4.69) is 35.5 Å². The van der Waals surface area contributed by atoms with Crippen molar-refractivity contribution in [1.29, 1.82) is 0 Å². The summed E-state index contributed by atoms with van der Waals surface area (Å²) in [7, 11) is 0. The lowest BCUT2D eigenvalue weighted by Crippen LogP contribution is -1.71. The van der Waals surface area contributed by atoms with Crippen molar-refractivity contribution >= 4 is 34.2 Å². The van der Waals surface area contributed by atoms with E-state index < -0.39 is 0 Å². The molecule has 0 spiro atoms. The molecule has 0 saturated heterocycles. The van der Waals surface area contributed by atoms with E-state index in [9.17, 15) is 0 Å². The second-order valence-electron chi connectivity index (χ2n) is 2.76. The van der Waals surface area contributed by atoms with Crippen molar-refractivity contribution in [3.05, 3.63) is 29.3 Å². The fraction of sp³-hybridized carbons (Fsp3) is 0.182. The highest BCUT2D eigenvalue weighted by atomic mass is 32.1. The zero-order valence-corrected chi connectivity index (χ0v) is 9.24. The van der Waals surface area contributed by atoms with Gasteiger partial charge in [-0.05, 0) is 18.1 Å². The lowest BCUT2D eigenvalue weighted by Gasteiger charge is -1.80. The highest BCUT2D eigenvalue weighted by Crippen LogP contribution is 2.20. The average molecular weight is 219 g/mol. The summed E-state index contributed by atoms with van der Waals surface area (Å²) in [5, 5.41) is 0.896. The second kappa shape index (κ2) is 4.50. The van der Waals surface area contributed by atoms with Gasteiger partial charge in [-0.25, -0.2) is 4.98 Å². The maximum atomic E-state index is 4.40. The number of thiazole rings is 1. The minimum Gasteiger partial charge on any atom is -0.228 e. The van der Waals surface area contributed by atoms with Crippen LogP contribution in [-0.2, 0) is 0 Å². The number of para-hydroxylation sites is 1. The Morgan fingerprint density at radius 3 is 3.00 bits per heavy atom. The zero-order chi connectivity index (χ0) is 9.80. The van der Waals surface area contributed by atoms with Gasteiger partial charge in [-0.3, -0.25) is 0 Å². The highest BCUT2D eigenvalue weighted by Gasteiger charge is 1.98. The van der Waals surface area contributed by atoms with E-state index in [0.29, 0.717) is 0 Å². The lowest BCUT2D eigenvalue weighted by molar-refractivity contribution is 1.31. The molecule has 1 heterocycles. The Labute approximate surface area is 92.6 Å². The average Bonchev–Trinajstić information content (AvgIpc) is 2.60. The van der Waals surface area contributed by atoms with Crippen molar-refractivity contribution < 1.29 is 0 Å². The molecular weight excluding hydrogens is 210 g/mol. The number of nitrogens with zero attached hydrogens (tertiary/aromatic N) is 1. The van der Waals surface area contributed by atoms with Crippen LogP contribution in [0.1, 0.15) is 11.4 Å². The summed E-state index contributed by atoms with van der Waals surface area (Å²) < 4.78 is 1.20. The minimum absolute atomic E-state index is 0.803. The number of aromatic nitrogens is 1. The van der Waals surface area contributed by atoms with E-state index in [1.54, 1.807) is 11.3 Å². The van der Waals surface area contributed by atoms with E-state index in [4.69, 9.17) is 0 Å². The number of rotatable bonds is 1. The Morgan fingerprint density at radius 1 is 1.36 bits per heavy atom. The van der Waals surface area contributed by atoms with Gasteiger partial charge < -0.3 is 0 Å². The SMILES string of the molecule is SCCC#Cc1nc2ccccc2s1. The van der Waals surface area contributed by atoms with Crippen LogP contribution in [0.5, 0.6) is 0 Å². The molecule has 2 aromatic rings. The Morgan fingerprint density at radius 2 is 2.21 bits per heavy atom. The van der Waals surface area contributed by atoms with E-state index in [1.807, 2.05) is 18.2 Å². The predicted molar refractivity (Wildman–Crippen MR) is 65.0 cm³/mol. The highest BCUT2D eigenvalue weighted by molar-refractivity contribution is 7.80. The molecule has 70 valence electrons. The molecule has 0 N–H and O–H groups in total. The van der Waals surface area contributed by atoms with E-state index >= 15 is 0 Å². The van der Waals surface area contributed by atoms with Crippen LogP contribution in [0.2, 0.25) is 0 Å². The van der Waals surface area contributed by atoms with Crippen molar-refractivity contribution in [1.82, 2.24) is 4.98 Å². The van der Waals surface area contributed by atoms with Crippen molar-refractivity contribution in [3.63, 3.8) is 0 Å². The van der Waals surface area contributed by atoms with Gasteiger partial charge in [0.1, 0.15) is 0 Å². The number of thiol groups is 1. The Balaban J connectivity index is 2.33. The molecule has 1 aromatic heterocycles. The van der Waals surface area contributed by atoms with Gasteiger partial charge in [0.05, 0.1) is 10.2 Å². The summed E-state index contributed by atoms with van der Waals surface area (Å²) in [6, 6.07) is 8.09. The van der Waals surface area contributed by atoms with Gasteiger partial charge in [0.2, 0.25) is 0 Å². The molecule has 0 aliphatic heterocycles. The maximum absolute atomic E-state index is 4.40. The Bertz CT molecular complexity index is 457. The molecule has 0 aliphatic carbocycles.